The summed E-state index contributed by atoms with van der Waals surface area (Å²) in [7, 11) is 0. The van der Waals surface area contributed by atoms with Gasteiger partial charge >= 0.3 is 18.4 Å². The summed E-state index contributed by atoms with van der Waals surface area (Å²) in [5.74, 6) is -1.49. The molecular formula is C32H32F7N5O2S. The Morgan fingerprint density at radius 3 is 2.43 bits per heavy atom. The van der Waals surface area contributed by atoms with Gasteiger partial charge in [0.25, 0.3) is 0 Å². The SMILES string of the molecule is CC(C)n1nc(-c2c(F)cc(O)c3c2C(C)(C)CC(Cc2ccccc2NC(=O)Nc2csc(C(F)(F)F)n2)CC3)cc1C(F)(F)F. The Morgan fingerprint density at radius 2 is 1.81 bits per heavy atom. The highest BCUT2D eigenvalue weighted by molar-refractivity contribution is 7.10. The number of aromatic nitrogens is 3. The number of carbonyl (C=O) groups excluding carboxylic acids is 1. The number of fused-ring (bicyclic) bond motifs is 1. The van der Waals surface area contributed by atoms with Crippen molar-refractivity contribution in [3.8, 4) is 17.0 Å². The number of nitrogens with zero attached hydrogens (tertiary/aromatic N) is 3. The van der Waals surface area contributed by atoms with Crippen molar-refractivity contribution in [3.63, 3.8) is 0 Å². The quantitative estimate of drug-likeness (QED) is 0.139. The van der Waals surface area contributed by atoms with Crippen LogP contribution in [-0.2, 0) is 30.6 Å². The molecule has 2 aromatic carbocycles. The van der Waals surface area contributed by atoms with E-state index in [0.717, 1.165) is 27.8 Å². The average molecular weight is 684 g/mol. The zero-order valence-electron chi connectivity index (χ0n) is 25.8. The molecule has 0 saturated carbocycles. The number of nitrogens with one attached hydrogen (secondary N) is 2. The highest BCUT2D eigenvalue weighted by atomic mass is 32.1. The molecule has 0 fully saturated rings. The third-order valence-electron chi connectivity index (χ3n) is 8.18. The fraction of sp³-hybridized carbons (Fsp3) is 0.406. The van der Waals surface area contributed by atoms with E-state index in [1.165, 1.54) is 0 Å². The molecule has 0 saturated heterocycles. The van der Waals surface area contributed by atoms with Gasteiger partial charge in [0.05, 0.1) is 5.69 Å². The molecule has 1 atom stereocenters. The van der Waals surface area contributed by atoms with Crippen LogP contribution in [0.4, 0.5) is 47.0 Å². The molecule has 2 heterocycles. The lowest BCUT2D eigenvalue weighted by Gasteiger charge is -2.31. The maximum Gasteiger partial charge on any atom is 0.443 e. The van der Waals surface area contributed by atoms with Crippen molar-refractivity contribution in [3.05, 3.63) is 75.0 Å². The normalized spacial score (nSPS) is 16.6. The summed E-state index contributed by atoms with van der Waals surface area (Å²) in [6.45, 7) is 6.79. The number of amides is 2. The molecule has 3 N–H and O–H groups in total. The van der Waals surface area contributed by atoms with E-state index in [2.05, 4.69) is 20.7 Å². The third kappa shape index (κ3) is 7.24. The number of phenols is 1. The van der Waals surface area contributed by atoms with E-state index in [9.17, 15) is 36.2 Å². The van der Waals surface area contributed by atoms with Gasteiger partial charge in [0.2, 0.25) is 0 Å². The molecule has 0 aliphatic heterocycles. The molecule has 1 aliphatic carbocycles. The highest BCUT2D eigenvalue weighted by Gasteiger charge is 2.40. The monoisotopic (exact) mass is 683 g/mol. The fourth-order valence-corrected chi connectivity index (χ4v) is 6.98. The van der Waals surface area contributed by atoms with Gasteiger partial charge in [-0.15, -0.1) is 11.3 Å². The molecule has 252 valence electrons. The predicted octanol–water partition coefficient (Wildman–Crippen LogP) is 9.59. The first kappa shape index (κ1) is 34.2. The minimum Gasteiger partial charge on any atom is -0.508 e. The summed E-state index contributed by atoms with van der Waals surface area (Å²) in [6.07, 6.45) is -7.63. The lowest BCUT2D eigenvalue weighted by Crippen LogP contribution is -2.24. The van der Waals surface area contributed by atoms with Crippen molar-refractivity contribution >= 4 is 28.9 Å². The molecule has 47 heavy (non-hydrogen) atoms. The largest absolute Gasteiger partial charge is 0.508 e. The number of hydrogen-bond donors (Lipinski definition) is 3. The van der Waals surface area contributed by atoms with Gasteiger partial charge in [-0.2, -0.15) is 31.4 Å². The van der Waals surface area contributed by atoms with Gasteiger partial charge in [0, 0.05) is 28.7 Å². The summed E-state index contributed by atoms with van der Waals surface area (Å²) in [4.78, 5) is 16.1. The van der Waals surface area contributed by atoms with Crippen LogP contribution in [-0.4, -0.2) is 25.9 Å². The van der Waals surface area contributed by atoms with Crippen molar-refractivity contribution in [1.82, 2.24) is 14.8 Å². The molecule has 0 radical (unpaired) electrons. The van der Waals surface area contributed by atoms with Crippen LogP contribution >= 0.6 is 11.3 Å². The average Bonchev–Trinajstić information content (AvgIpc) is 3.58. The Balaban J connectivity index is 1.42. The van der Waals surface area contributed by atoms with Crippen molar-refractivity contribution in [2.24, 2.45) is 5.92 Å². The second-order valence-electron chi connectivity index (χ2n) is 12.5. The first-order valence-electron chi connectivity index (χ1n) is 14.8. The summed E-state index contributed by atoms with van der Waals surface area (Å²) in [5, 5.41) is 20.0. The van der Waals surface area contributed by atoms with Gasteiger partial charge in [0.15, 0.2) is 5.01 Å². The van der Waals surface area contributed by atoms with Crippen LogP contribution in [0.3, 0.4) is 0 Å². The molecule has 0 spiro atoms. The third-order valence-corrected chi connectivity index (χ3v) is 9.06. The minimum absolute atomic E-state index is 0.0782. The van der Waals surface area contributed by atoms with E-state index < -0.39 is 46.4 Å². The molecule has 5 rings (SSSR count). The van der Waals surface area contributed by atoms with E-state index in [0.29, 0.717) is 53.8 Å². The number of urea groups is 1. The second kappa shape index (κ2) is 12.5. The lowest BCUT2D eigenvalue weighted by atomic mass is 9.73. The Labute approximate surface area is 269 Å². The number of benzene rings is 2. The summed E-state index contributed by atoms with van der Waals surface area (Å²) in [6, 6.07) is 7.24. The van der Waals surface area contributed by atoms with Gasteiger partial charge in [-0.1, -0.05) is 32.0 Å². The number of hydrogen-bond acceptors (Lipinski definition) is 5. The van der Waals surface area contributed by atoms with E-state index >= 15 is 4.39 Å². The zero-order chi connectivity index (χ0) is 34.5. The smallest absolute Gasteiger partial charge is 0.443 e. The topological polar surface area (TPSA) is 92.1 Å². The summed E-state index contributed by atoms with van der Waals surface area (Å²) >= 11 is 0.358. The summed E-state index contributed by atoms with van der Waals surface area (Å²) < 4.78 is 97.0. The van der Waals surface area contributed by atoms with Crippen LogP contribution in [0.2, 0.25) is 0 Å². The summed E-state index contributed by atoms with van der Waals surface area (Å²) in [5.41, 5.74) is -0.102. The molecule has 7 nitrogen and oxygen atoms in total. The standard InChI is InChI=1S/C32H32F7N5O2S/c1-16(2)44-24(31(34,35)36)13-22(43-44)26-20(33)12-23(45)19-10-9-17(14-30(3,4)27(19)26)11-18-7-5-6-8-21(18)40-29(46)42-25-15-47-28(41-25)32(37,38)39/h5-8,12-13,15-17,45H,9-11,14H2,1-4H3,(H2,40,42,46). The van der Waals surface area contributed by atoms with E-state index in [1.54, 1.807) is 38.1 Å². The van der Waals surface area contributed by atoms with Crippen molar-refractivity contribution in [1.29, 1.82) is 0 Å². The number of anilines is 2. The van der Waals surface area contributed by atoms with Crippen LogP contribution < -0.4 is 10.6 Å². The molecule has 2 amide bonds. The number of halogens is 7. The van der Waals surface area contributed by atoms with Gasteiger partial charge < -0.3 is 10.4 Å². The Morgan fingerprint density at radius 1 is 1.11 bits per heavy atom. The molecule has 0 bridgehead atoms. The van der Waals surface area contributed by atoms with Gasteiger partial charge in [-0.3, -0.25) is 10.00 Å². The second-order valence-corrected chi connectivity index (χ2v) is 13.4. The Bertz CT molecular complexity index is 1790. The van der Waals surface area contributed by atoms with E-state index in [4.69, 9.17) is 0 Å². The maximum absolute atomic E-state index is 15.7. The van der Waals surface area contributed by atoms with Crippen LogP contribution in [0.5, 0.6) is 5.75 Å². The Kier molecular flexibility index (Phi) is 9.07. The van der Waals surface area contributed by atoms with Gasteiger partial charge in [0.1, 0.15) is 23.1 Å². The number of para-hydroxylation sites is 1. The minimum atomic E-state index is -4.72. The molecular weight excluding hydrogens is 651 g/mol. The molecule has 4 aromatic rings. The van der Waals surface area contributed by atoms with Crippen LogP contribution in [0.1, 0.15) is 74.0 Å². The number of phenolic OH excluding ortho intramolecular Hbond substituents is 1. The molecule has 1 unspecified atom stereocenters. The number of thiazole rings is 1. The predicted molar refractivity (Wildman–Crippen MR) is 164 cm³/mol. The number of aromatic hydroxyl groups is 1. The Hall–Kier alpha value is -4.14. The van der Waals surface area contributed by atoms with E-state index in [1.807, 2.05) is 13.8 Å². The zero-order valence-corrected chi connectivity index (χ0v) is 26.6. The van der Waals surface area contributed by atoms with Crippen LogP contribution in [0.15, 0.2) is 41.8 Å². The van der Waals surface area contributed by atoms with Crippen molar-refractivity contribution in [2.45, 2.75) is 77.2 Å². The van der Waals surface area contributed by atoms with Crippen LogP contribution in [0, 0.1) is 11.7 Å². The van der Waals surface area contributed by atoms with Crippen LogP contribution in [0.25, 0.3) is 11.3 Å². The number of rotatable bonds is 6. The van der Waals surface area contributed by atoms with Crippen molar-refractivity contribution < 1.29 is 40.6 Å². The molecule has 1 aliphatic rings. The maximum atomic E-state index is 15.7. The lowest BCUT2D eigenvalue weighted by molar-refractivity contribution is -0.144. The molecule has 2 aromatic heterocycles. The van der Waals surface area contributed by atoms with Gasteiger partial charge in [-0.05, 0) is 79.7 Å². The van der Waals surface area contributed by atoms with E-state index in [-0.39, 0.29) is 28.7 Å². The number of carbonyl (C=O) groups is 1. The fourth-order valence-electron chi connectivity index (χ4n) is 6.36. The molecule has 15 heteroatoms. The van der Waals surface area contributed by atoms with Crippen molar-refractivity contribution in [2.75, 3.05) is 10.6 Å². The first-order valence-corrected chi connectivity index (χ1v) is 15.6. The van der Waals surface area contributed by atoms with Gasteiger partial charge in [-0.25, -0.2) is 14.2 Å². The highest BCUT2D eigenvalue weighted by Crippen LogP contribution is 2.48. The first-order chi connectivity index (χ1) is 21.8. The number of alkyl halides is 6.